The topological polar surface area (TPSA) is 92.4 Å². The molecule has 2 amide bonds. The van der Waals surface area contributed by atoms with Crippen LogP contribution in [0.2, 0.25) is 0 Å². The fourth-order valence-corrected chi connectivity index (χ4v) is 2.71. The molecule has 2 N–H and O–H groups in total. The fraction of sp³-hybridized carbons (Fsp3) is 0.526. The van der Waals surface area contributed by atoms with Gasteiger partial charge in [-0.3, -0.25) is 14.3 Å². The lowest BCUT2D eigenvalue weighted by atomic mass is 10.0. The van der Waals surface area contributed by atoms with Crippen LogP contribution in [0.3, 0.4) is 0 Å². The Balaban J connectivity index is 1.94. The van der Waals surface area contributed by atoms with Gasteiger partial charge in [0.25, 0.3) is 5.91 Å². The van der Waals surface area contributed by atoms with Crippen molar-refractivity contribution in [2.75, 3.05) is 25.0 Å². The summed E-state index contributed by atoms with van der Waals surface area (Å²) in [6, 6.07) is 2.51. The summed E-state index contributed by atoms with van der Waals surface area (Å²) in [5.74, 6) is -0.601. The number of furan rings is 1. The van der Waals surface area contributed by atoms with Crippen molar-refractivity contribution in [3.63, 3.8) is 0 Å². The monoisotopic (exact) mass is 375 g/mol. The van der Waals surface area contributed by atoms with Crippen LogP contribution < -0.4 is 10.6 Å². The van der Waals surface area contributed by atoms with E-state index in [1.54, 1.807) is 29.2 Å². The smallest absolute Gasteiger partial charge is 0.287 e. The molecule has 1 atom stereocenters. The number of likely N-dealkylation sites (N-methyl/N-ethyl adjacent to an activating group) is 1. The number of aromatic nitrogens is 2. The van der Waals surface area contributed by atoms with Gasteiger partial charge in [-0.05, 0) is 31.1 Å². The predicted molar refractivity (Wildman–Crippen MR) is 103 cm³/mol. The molecule has 0 aliphatic rings. The molecule has 2 aromatic rings. The average Bonchev–Trinajstić information content (AvgIpc) is 3.32. The van der Waals surface area contributed by atoms with Crippen molar-refractivity contribution in [3.8, 4) is 0 Å². The van der Waals surface area contributed by atoms with E-state index in [0.29, 0.717) is 5.69 Å². The summed E-state index contributed by atoms with van der Waals surface area (Å²) >= 11 is 0. The minimum absolute atomic E-state index is 0.0818. The van der Waals surface area contributed by atoms with Crippen molar-refractivity contribution in [3.05, 3.63) is 36.5 Å². The van der Waals surface area contributed by atoms with Gasteiger partial charge in [0.15, 0.2) is 5.76 Å². The van der Waals surface area contributed by atoms with Gasteiger partial charge in [-0.2, -0.15) is 5.10 Å². The molecule has 2 rings (SSSR count). The van der Waals surface area contributed by atoms with Gasteiger partial charge in [0.05, 0.1) is 24.7 Å². The van der Waals surface area contributed by atoms with Crippen molar-refractivity contribution in [2.24, 2.45) is 5.92 Å². The summed E-state index contributed by atoms with van der Waals surface area (Å²) in [6.45, 7) is 11.6. The second-order valence-corrected chi connectivity index (χ2v) is 6.68. The average molecular weight is 375 g/mol. The second kappa shape index (κ2) is 9.91. The third-order valence-electron chi connectivity index (χ3n) is 4.42. The standard InChI is InChI=1S/C19H29N5O3/c1-5-23(6-2)9-10-24-13-15(12-20-24)21-19(26)17(14(3)4)22-18(25)16-8-7-11-27-16/h7-8,11-14,17H,5-6,9-10H2,1-4H3,(H,21,26)(H,22,25). The third-order valence-corrected chi connectivity index (χ3v) is 4.42. The highest BCUT2D eigenvalue weighted by Crippen LogP contribution is 2.10. The number of rotatable bonds is 10. The third kappa shape index (κ3) is 5.96. The SMILES string of the molecule is CCN(CC)CCn1cc(NC(=O)C(NC(=O)c2ccco2)C(C)C)cn1. The van der Waals surface area contributed by atoms with Crippen molar-refractivity contribution in [1.29, 1.82) is 0 Å². The first-order valence-electron chi connectivity index (χ1n) is 9.34. The van der Waals surface area contributed by atoms with Crippen molar-refractivity contribution in [1.82, 2.24) is 20.0 Å². The number of carbonyl (C=O) groups is 2. The maximum Gasteiger partial charge on any atom is 0.287 e. The molecule has 0 spiro atoms. The van der Waals surface area contributed by atoms with E-state index in [-0.39, 0.29) is 17.6 Å². The molecule has 0 saturated carbocycles. The van der Waals surface area contributed by atoms with E-state index in [0.717, 1.165) is 26.2 Å². The fourth-order valence-electron chi connectivity index (χ4n) is 2.71. The van der Waals surface area contributed by atoms with E-state index >= 15 is 0 Å². The van der Waals surface area contributed by atoms with Gasteiger partial charge in [-0.1, -0.05) is 27.7 Å². The zero-order valence-electron chi connectivity index (χ0n) is 16.4. The normalized spacial score (nSPS) is 12.4. The van der Waals surface area contributed by atoms with E-state index in [9.17, 15) is 9.59 Å². The highest BCUT2D eigenvalue weighted by molar-refractivity contribution is 6.00. The van der Waals surface area contributed by atoms with E-state index < -0.39 is 11.9 Å². The zero-order valence-corrected chi connectivity index (χ0v) is 16.4. The molecule has 0 aromatic carbocycles. The number of hydrogen-bond donors (Lipinski definition) is 2. The van der Waals surface area contributed by atoms with Crippen molar-refractivity contribution in [2.45, 2.75) is 40.3 Å². The summed E-state index contributed by atoms with van der Waals surface area (Å²) in [5.41, 5.74) is 0.609. The molecule has 2 heterocycles. The number of nitrogens with zero attached hydrogens (tertiary/aromatic N) is 3. The summed E-state index contributed by atoms with van der Waals surface area (Å²) in [7, 11) is 0. The van der Waals surface area contributed by atoms with Crippen molar-refractivity contribution < 1.29 is 14.0 Å². The van der Waals surface area contributed by atoms with Gasteiger partial charge < -0.3 is 20.0 Å². The summed E-state index contributed by atoms with van der Waals surface area (Å²) in [5, 5.41) is 9.84. The maximum absolute atomic E-state index is 12.6. The lowest BCUT2D eigenvalue weighted by Gasteiger charge is -2.20. The molecule has 8 heteroatoms. The van der Waals surface area contributed by atoms with Crippen LogP contribution in [0.1, 0.15) is 38.2 Å². The molecule has 0 fully saturated rings. The number of anilines is 1. The molecule has 1 unspecified atom stereocenters. The van der Waals surface area contributed by atoms with Crippen LogP contribution in [0.5, 0.6) is 0 Å². The Morgan fingerprint density at radius 3 is 2.63 bits per heavy atom. The molecule has 148 valence electrons. The first-order chi connectivity index (χ1) is 12.9. The Hall–Kier alpha value is -2.61. The lowest BCUT2D eigenvalue weighted by molar-refractivity contribution is -0.118. The van der Waals surface area contributed by atoms with Crippen LogP contribution in [0.4, 0.5) is 5.69 Å². The van der Waals surface area contributed by atoms with Crippen LogP contribution in [-0.2, 0) is 11.3 Å². The molecule has 0 radical (unpaired) electrons. The Bertz CT molecular complexity index is 720. The Labute approximate surface area is 159 Å². The van der Waals surface area contributed by atoms with Crippen molar-refractivity contribution >= 4 is 17.5 Å². The largest absolute Gasteiger partial charge is 0.459 e. The first kappa shape index (κ1) is 20.7. The van der Waals surface area contributed by atoms with E-state index in [1.807, 2.05) is 13.8 Å². The quantitative estimate of drug-likeness (QED) is 0.664. The van der Waals surface area contributed by atoms with E-state index in [2.05, 4.69) is 34.5 Å². The lowest BCUT2D eigenvalue weighted by Crippen LogP contribution is -2.47. The first-order valence-corrected chi connectivity index (χ1v) is 9.34. The van der Waals surface area contributed by atoms with Gasteiger partial charge in [-0.15, -0.1) is 0 Å². The van der Waals surface area contributed by atoms with E-state index in [1.165, 1.54) is 6.26 Å². The molecule has 8 nitrogen and oxygen atoms in total. The molecular formula is C19H29N5O3. The van der Waals surface area contributed by atoms with Crippen LogP contribution >= 0.6 is 0 Å². The number of carbonyl (C=O) groups excluding carboxylic acids is 2. The highest BCUT2D eigenvalue weighted by Gasteiger charge is 2.26. The van der Waals surface area contributed by atoms with Gasteiger partial charge in [0, 0.05) is 12.7 Å². The maximum atomic E-state index is 12.6. The molecule has 2 aromatic heterocycles. The summed E-state index contributed by atoms with van der Waals surface area (Å²) < 4.78 is 6.89. The molecule has 0 bridgehead atoms. The number of amides is 2. The Morgan fingerprint density at radius 2 is 2.04 bits per heavy atom. The van der Waals surface area contributed by atoms with Crippen LogP contribution in [0, 0.1) is 5.92 Å². The molecular weight excluding hydrogens is 346 g/mol. The number of nitrogens with one attached hydrogen (secondary N) is 2. The predicted octanol–water partition coefficient (Wildman–Crippen LogP) is 2.21. The minimum Gasteiger partial charge on any atom is -0.459 e. The molecule has 0 saturated heterocycles. The Morgan fingerprint density at radius 1 is 1.30 bits per heavy atom. The van der Waals surface area contributed by atoms with Gasteiger partial charge in [0.1, 0.15) is 6.04 Å². The van der Waals surface area contributed by atoms with Gasteiger partial charge in [-0.25, -0.2) is 0 Å². The highest BCUT2D eigenvalue weighted by atomic mass is 16.3. The van der Waals surface area contributed by atoms with Crippen LogP contribution in [0.15, 0.2) is 35.2 Å². The molecule has 27 heavy (non-hydrogen) atoms. The summed E-state index contributed by atoms with van der Waals surface area (Å²) in [6.07, 6.45) is 4.84. The zero-order chi connectivity index (χ0) is 19.8. The second-order valence-electron chi connectivity index (χ2n) is 6.68. The summed E-state index contributed by atoms with van der Waals surface area (Å²) in [4.78, 5) is 27.1. The van der Waals surface area contributed by atoms with Gasteiger partial charge in [0.2, 0.25) is 5.91 Å². The van der Waals surface area contributed by atoms with Crippen LogP contribution in [0.25, 0.3) is 0 Å². The number of hydrogen-bond acceptors (Lipinski definition) is 5. The molecule has 0 aliphatic heterocycles. The Kier molecular flexibility index (Phi) is 7.60. The van der Waals surface area contributed by atoms with E-state index in [4.69, 9.17) is 4.42 Å². The van der Waals surface area contributed by atoms with Crippen LogP contribution in [-0.4, -0.2) is 52.2 Å². The molecule has 0 aliphatic carbocycles. The minimum atomic E-state index is -0.679. The van der Waals surface area contributed by atoms with Gasteiger partial charge >= 0.3 is 0 Å².